The first-order valence-corrected chi connectivity index (χ1v) is 12.1. The van der Waals surface area contributed by atoms with Gasteiger partial charge in [-0.25, -0.2) is 8.42 Å². The number of sulfonamides is 1. The minimum atomic E-state index is -3.92. The van der Waals surface area contributed by atoms with Crippen LogP contribution in [-0.4, -0.2) is 27.4 Å². The zero-order valence-corrected chi connectivity index (χ0v) is 19.8. The van der Waals surface area contributed by atoms with Gasteiger partial charge in [-0.3, -0.25) is 9.10 Å². The molecule has 6 heteroatoms. The van der Waals surface area contributed by atoms with Gasteiger partial charge in [-0.1, -0.05) is 72.6 Å². The van der Waals surface area contributed by atoms with Gasteiger partial charge in [-0.2, -0.15) is 0 Å². The van der Waals surface area contributed by atoms with Crippen LogP contribution in [0.5, 0.6) is 0 Å². The molecular weight excluding hydrogens is 420 g/mol. The molecule has 0 aliphatic rings. The van der Waals surface area contributed by atoms with Gasteiger partial charge in [0.25, 0.3) is 10.0 Å². The second kappa shape index (κ2) is 10.0. The van der Waals surface area contributed by atoms with Gasteiger partial charge in [0.05, 0.1) is 10.6 Å². The van der Waals surface area contributed by atoms with E-state index in [1.165, 1.54) is 4.31 Å². The largest absolute Gasteiger partial charge is 0.354 e. The molecule has 0 aromatic heterocycles. The molecule has 0 spiro atoms. The molecule has 3 rings (SSSR count). The number of rotatable bonds is 8. The molecule has 5 nitrogen and oxygen atoms in total. The molecule has 0 saturated heterocycles. The van der Waals surface area contributed by atoms with Crippen LogP contribution >= 0.6 is 0 Å². The van der Waals surface area contributed by atoms with Crippen LogP contribution in [0.25, 0.3) is 0 Å². The van der Waals surface area contributed by atoms with Gasteiger partial charge in [0.2, 0.25) is 5.91 Å². The van der Waals surface area contributed by atoms with E-state index in [-0.39, 0.29) is 23.3 Å². The number of nitrogens with zero attached hydrogens (tertiary/aromatic N) is 1. The molecular formula is C26H30N2O3S. The highest BCUT2D eigenvalue weighted by Crippen LogP contribution is 2.27. The SMILES string of the molecule is Cc1ccc(S(=O)(=O)N(CC(=O)NCC(C)c2ccccc2)c2ccc(C)cc2C)cc1. The third kappa shape index (κ3) is 5.56. The molecule has 0 heterocycles. The summed E-state index contributed by atoms with van der Waals surface area (Å²) in [5.74, 6) is -0.230. The maximum absolute atomic E-state index is 13.5. The number of carbonyl (C=O) groups excluding carboxylic acids is 1. The van der Waals surface area contributed by atoms with E-state index in [0.29, 0.717) is 12.2 Å². The number of carbonyl (C=O) groups is 1. The van der Waals surface area contributed by atoms with E-state index in [0.717, 1.165) is 22.3 Å². The van der Waals surface area contributed by atoms with Crippen molar-refractivity contribution in [2.24, 2.45) is 0 Å². The second-order valence-electron chi connectivity index (χ2n) is 8.23. The lowest BCUT2D eigenvalue weighted by atomic mass is 10.0. The Bertz CT molecular complexity index is 1170. The van der Waals surface area contributed by atoms with Crippen LogP contribution in [0.2, 0.25) is 0 Å². The Balaban J connectivity index is 1.85. The van der Waals surface area contributed by atoms with Gasteiger partial charge in [-0.15, -0.1) is 0 Å². The summed E-state index contributed by atoms with van der Waals surface area (Å²) >= 11 is 0. The first kappa shape index (κ1) is 23.5. The molecule has 3 aromatic carbocycles. The summed E-state index contributed by atoms with van der Waals surface area (Å²) in [5.41, 5.74) is 4.41. The van der Waals surface area contributed by atoms with E-state index < -0.39 is 10.0 Å². The summed E-state index contributed by atoms with van der Waals surface area (Å²) in [6, 6.07) is 22.1. The van der Waals surface area contributed by atoms with Crippen LogP contribution in [0, 0.1) is 20.8 Å². The third-order valence-electron chi connectivity index (χ3n) is 5.49. The van der Waals surface area contributed by atoms with Crippen molar-refractivity contribution >= 4 is 21.6 Å². The standard InChI is InChI=1S/C26H30N2O3S/c1-19-10-13-24(14-11-19)32(30,31)28(25-15-12-20(2)16-21(25)3)18-26(29)27-17-22(4)23-8-6-5-7-9-23/h5-16,22H,17-18H2,1-4H3,(H,27,29). The van der Waals surface area contributed by atoms with E-state index in [4.69, 9.17) is 0 Å². The van der Waals surface area contributed by atoms with Crippen molar-refractivity contribution in [3.63, 3.8) is 0 Å². The molecule has 3 aromatic rings. The summed E-state index contributed by atoms with van der Waals surface area (Å²) in [6.07, 6.45) is 0. The molecule has 1 N–H and O–H groups in total. The number of hydrogen-bond donors (Lipinski definition) is 1. The molecule has 1 amide bonds. The van der Waals surface area contributed by atoms with Gasteiger partial charge in [0.15, 0.2) is 0 Å². The summed E-state index contributed by atoms with van der Waals surface area (Å²) in [7, 11) is -3.92. The lowest BCUT2D eigenvalue weighted by Crippen LogP contribution is -2.42. The van der Waals surface area contributed by atoms with Crippen molar-refractivity contribution < 1.29 is 13.2 Å². The molecule has 0 radical (unpaired) electrons. The third-order valence-corrected chi connectivity index (χ3v) is 7.27. The van der Waals surface area contributed by atoms with Gasteiger partial charge < -0.3 is 5.32 Å². The predicted molar refractivity (Wildman–Crippen MR) is 129 cm³/mol. The van der Waals surface area contributed by atoms with E-state index in [9.17, 15) is 13.2 Å². The maximum Gasteiger partial charge on any atom is 0.264 e. The van der Waals surface area contributed by atoms with Crippen LogP contribution < -0.4 is 9.62 Å². The molecule has 0 aliphatic carbocycles. The first-order chi connectivity index (χ1) is 15.2. The van der Waals surface area contributed by atoms with Crippen molar-refractivity contribution in [3.8, 4) is 0 Å². The zero-order valence-electron chi connectivity index (χ0n) is 19.0. The first-order valence-electron chi connectivity index (χ1n) is 10.7. The summed E-state index contributed by atoms with van der Waals surface area (Å²) in [6.45, 7) is 7.87. The Labute approximate surface area is 191 Å². The van der Waals surface area contributed by atoms with Crippen LogP contribution in [0.4, 0.5) is 5.69 Å². The Morgan fingerprint density at radius 2 is 1.53 bits per heavy atom. The fraction of sp³-hybridized carbons (Fsp3) is 0.269. The summed E-state index contributed by atoms with van der Waals surface area (Å²) in [4.78, 5) is 13.0. The van der Waals surface area contributed by atoms with E-state index in [2.05, 4.69) is 5.32 Å². The van der Waals surface area contributed by atoms with E-state index in [1.54, 1.807) is 30.3 Å². The molecule has 0 saturated carbocycles. The summed E-state index contributed by atoms with van der Waals surface area (Å²) < 4.78 is 28.2. The van der Waals surface area contributed by atoms with Gasteiger partial charge in [-0.05, 0) is 56.0 Å². The minimum Gasteiger partial charge on any atom is -0.354 e. The van der Waals surface area contributed by atoms with Gasteiger partial charge >= 0.3 is 0 Å². The Morgan fingerprint density at radius 3 is 2.16 bits per heavy atom. The zero-order chi connectivity index (χ0) is 23.3. The van der Waals surface area contributed by atoms with Crippen molar-refractivity contribution in [2.75, 3.05) is 17.4 Å². The monoisotopic (exact) mass is 450 g/mol. The highest BCUT2D eigenvalue weighted by Gasteiger charge is 2.28. The number of nitrogens with one attached hydrogen (secondary N) is 1. The average molecular weight is 451 g/mol. The number of benzene rings is 3. The lowest BCUT2D eigenvalue weighted by molar-refractivity contribution is -0.119. The molecule has 32 heavy (non-hydrogen) atoms. The predicted octanol–water partition coefficient (Wildman–Crippen LogP) is 4.73. The topological polar surface area (TPSA) is 66.5 Å². The normalized spacial score (nSPS) is 12.2. The van der Waals surface area contributed by atoms with E-state index >= 15 is 0 Å². The van der Waals surface area contributed by atoms with Crippen molar-refractivity contribution in [1.29, 1.82) is 0 Å². The quantitative estimate of drug-likeness (QED) is 0.540. The fourth-order valence-electron chi connectivity index (χ4n) is 3.58. The van der Waals surface area contributed by atoms with Crippen LogP contribution in [-0.2, 0) is 14.8 Å². The molecule has 1 atom stereocenters. The van der Waals surface area contributed by atoms with Gasteiger partial charge in [0, 0.05) is 6.54 Å². The number of hydrogen-bond acceptors (Lipinski definition) is 3. The minimum absolute atomic E-state index is 0.114. The number of aryl methyl sites for hydroxylation is 3. The fourth-order valence-corrected chi connectivity index (χ4v) is 5.06. The lowest BCUT2D eigenvalue weighted by Gasteiger charge is -2.26. The Hall–Kier alpha value is -3.12. The molecule has 0 bridgehead atoms. The van der Waals surface area contributed by atoms with Gasteiger partial charge in [0.1, 0.15) is 6.54 Å². The maximum atomic E-state index is 13.5. The smallest absolute Gasteiger partial charge is 0.264 e. The second-order valence-corrected chi connectivity index (χ2v) is 10.1. The van der Waals surface area contributed by atoms with Crippen LogP contribution in [0.15, 0.2) is 77.7 Å². The molecule has 0 aliphatic heterocycles. The molecule has 1 unspecified atom stereocenters. The highest BCUT2D eigenvalue weighted by atomic mass is 32.2. The van der Waals surface area contributed by atoms with Crippen LogP contribution in [0.1, 0.15) is 35.1 Å². The molecule has 0 fully saturated rings. The number of anilines is 1. The number of amides is 1. The Kier molecular flexibility index (Phi) is 7.36. The highest BCUT2D eigenvalue weighted by molar-refractivity contribution is 7.92. The van der Waals surface area contributed by atoms with Crippen molar-refractivity contribution in [3.05, 3.63) is 95.1 Å². The summed E-state index contributed by atoms with van der Waals surface area (Å²) in [5, 5.41) is 2.90. The molecule has 168 valence electrons. The van der Waals surface area contributed by atoms with E-state index in [1.807, 2.05) is 70.2 Å². The average Bonchev–Trinajstić information content (AvgIpc) is 2.77. The Morgan fingerprint density at radius 1 is 0.906 bits per heavy atom. The van der Waals surface area contributed by atoms with Crippen LogP contribution in [0.3, 0.4) is 0 Å². The van der Waals surface area contributed by atoms with Crippen molar-refractivity contribution in [1.82, 2.24) is 5.32 Å². The van der Waals surface area contributed by atoms with Crippen molar-refractivity contribution in [2.45, 2.75) is 38.5 Å².